The third kappa shape index (κ3) is 3.92. The Hall–Kier alpha value is -0.670. The maximum Gasteiger partial charge on any atom is 0.243 e. The number of carbonyl (C=O) groups excluding carboxylic acids is 2. The van der Waals surface area contributed by atoms with Gasteiger partial charge in [0.1, 0.15) is 6.04 Å². The molecule has 0 bridgehead atoms. The normalized spacial score (nSPS) is 21.5. The predicted molar refractivity (Wildman–Crippen MR) is 74.8 cm³/mol. The Bertz CT molecular complexity index is 342. The van der Waals surface area contributed by atoms with Crippen LogP contribution in [0.5, 0.6) is 0 Å². The molecule has 1 rings (SSSR count). The average molecular weight is 273 g/mol. The highest BCUT2D eigenvalue weighted by atomic mass is 31.0. The zero-order valence-electron chi connectivity index (χ0n) is 11.6. The summed E-state index contributed by atoms with van der Waals surface area (Å²) in [6, 6.07) is -0.456. The van der Waals surface area contributed by atoms with Crippen LogP contribution in [0.15, 0.2) is 0 Å². The van der Waals surface area contributed by atoms with Gasteiger partial charge in [0.25, 0.3) is 0 Å². The number of hydrogen-bond donors (Lipinski definition) is 3. The summed E-state index contributed by atoms with van der Waals surface area (Å²) in [5.41, 5.74) is -0.237. The monoisotopic (exact) mass is 273 g/mol. The lowest BCUT2D eigenvalue weighted by Gasteiger charge is -2.41. The fourth-order valence-corrected chi connectivity index (χ4v) is 3.32. The van der Waals surface area contributed by atoms with Crippen molar-refractivity contribution in [3.05, 3.63) is 0 Å². The number of carbonyl (C=O) groups is 2. The zero-order valence-corrected chi connectivity index (χ0v) is 12.7. The molecule has 2 amide bonds. The van der Waals surface area contributed by atoms with E-state index in [2.05, 4.69) is 39.0 Å². The second kappa shape index (κ2) is 5.54. The van der Waals surface area contributed by atoms with Crippen molar-refractivity contribution in [3.8, 4) is 0 Å². The Balaban J connectivity index is 2.78. The highest BCUT2D eigenvalue weighted by Gasteiger charge is 2.41. The van der Waals surface area contributed by atoms with Crippen molar-refractivity contribution in [2.75, 3.05) is 13.1 Å². The van der Waals surface area contributed by atoms with Crippen LogP contribution in [-0.4, -0.2) is 30.9 Å². The Morgan fingerprint density at radius 2 is 1.94 bits per heavy atom. The van der Waals surface area contributed by atoms with Crippen molar-refractivity contribution in [1.29, 1.82) is 0 Å². The maximum absolute atomic E-state index is 11.9. The largest absolute Gasteiger partial charge is 0.345 e. The van der Waals surface area contributed by atoms with Gasteiger partial charge in [0, 0.05) is 6.54 Å². The minimum Gasteiger partial charge on any atom is -0.345 e. The topological polar surface area (TPSA) is 70.2 Å². The molecule has 2 unspecified atom stereocenters. The van der Waals surface area contributed by atoms with Gasteiger partial charge in [0.05, 0.1) is 6.54 Å². The van der Waals surface area contributed by atoms with E-state index >= 15 is 0 Å². The van der Waals surface area contributed by atoms with Crippen molar-refractivity contribution >= 4 is 21.2 Å². The molecule has 0 spiro atoms. The van der Waals surface area contributed by atoms with Crippen LogP contribution in [0.1, 0.15) is 34.1 Å². The molecule has 0 aromatic heterocycles. The minimum atomic E-state index is -0.456. The molecular formula is C12H24N3O2P. The fraction of sp³-hybridized carbons (Fsp3) is 0.833. The summed E-state index contributed by atoms with van der Waals surface area (Å²) in [5, 5.41) is 8.51. The van der Waals surface area contributed by atoms with E-state index in [1.165, 1.54) is 0 Å². The molecule has 0 aliphatic carbocycles. The molecule has 1 heterocycles. The smallest absolute Gasteiger partial charge is 0.243 e. The van der Waals surface area contributed by atoms with Gasteiger partial charge in [-0.25, -0.2) is 0 Å². The maximum atomic E-state index is 11.9. The van der Waals surface area contributed by atoms with Crippen LogP contribution < -0.4 is 15.7 Å². The summed E-state index contributed by atoms with van der Waals surface area (Å²) in [6.45, 7) is 9.26. The zero-order chi connectivity index (χ0) is 14.0. The van der Waals surface area contributed by atoms with Gasteiger partial charge in [-0.2, -0.15) is 0 Å². The lowest BCUT2D eigenvalue weighted by atomic mass is 9.70. The number of rotatable bonds is 5. The lowest BCUT2D eigenvalue weighted by Crippen LogP contribution is -2.62. The van der Waals surface area contributed by atoms with Crippen LogP contribution in [0.3, 0.4) is 0 Å². The summed E-state index contributed by atoms with van der Waals surface area (Å²) in [6.07, 6.45) is 0.833. The van der Waals surface area contributed by atoms with Gasteiger partial charge >= 0.3 is 0 Å². The molecule has 3 N–H and O–H groups in total. The SMILES string of the molecule is CC(C)(CNP)CC(C)(C)C1NC(=O)CNC1=O. The number of amides is 2. The van der Waals surface area contributed by atoms with Crippen LogP contribution in [0.25, 0.3) is 0 Å². The molecule has 1 fully saturated rings. The first kappa shape index (κ1) is 15.4. The van der Waals surface area contributed by atoms with E-state index in [0.717, 1.165) is 13.0 Å². The highest BCUT2D eigenvalue weighted by Crippen LogP contribution is 2.36. The molecule has 0 aromatic rings. The second-order valence-electron chi connectivity index (χ2n) is 6.43. The summed E-state index contributed by atoms with van der Waals surface area (Å²) in [5.74, 6) is -0.205. The van der Waals surface area contributed by atoms with E-state index < -0.39 is 6.04 Å². The first-order chi connectivity index (χ1) is 8.18. The Morgan fingerprint density at radius 1 is 1.33 bits per heavy atom. The molecule has 1 saturated heterocycles. The molecule has 2 atom stereocenters. The van der Waals surface area contributed by atoms with Gasteiger partial charge < -0.3 is 15.7 Å². The van der Waals surface area contributed by atoms with Gasteiger partial charge in [0.15, 0.2) is 0 Å². The van der Waals surface area contributed by atoms with E-state index in [0.29, 0.717) is 0 Å². The number of piperazine rings is 1. The minimum absolute atomic E-state index is 0.0493. The summed E-state index contributed by atoms with van der Waals surface area (Å²) >= 11 is 0. The summed E-state index contributed by atoms with van der Waals surface area (Å²) in [4.78, 5) is 23.3. The van der Waals surface area contributed by atoms with Gasteiger partial charge in [-0.1, -0.05) is 37.1 Å². The van der Waals surface area contributed by atoms with E-state index in [4.69, 9.17) is 0 Å². The third-order valence-corrected chi connectivity index (χ3v) is 3.49. The van der Waals surface area contributed by atoms with Crippen LogP contribution >= 0.6 is 9.39 Å². The average Bonchev–Trinajstić information content (AvgIpc) is 2.19. The molecule has 1 aliphatic rings. The van der Waals surface area contributed by atoms with Crippen molar-refractivity contribution in [2.45, 2.75) is 40.2 Å². The molecule has 104 valence electrons. The molecule has 0 aromatic carbocycles. The fourth-order valence-electron chi connectivity index (χ4n) is 2.77. The highest BCUT2D eigenvalue weighted by molar-refractivity contribution is 7.13. The number of hydrogen-bond acceptors (Lipinski definition) is 3. The van der Waals surface area contributed by atoms with Gasteiger partial charge in [-0.05, 0) is 17.3 Å². The predicted octanol–water partition coefficient (Wildman–Crippen LogP) is 0.423. The first-order valence-electron chi connectivity index (χ1n) is 6.18. The molecule has 1 aliphatic heterocycles. The van der Waals surface area contributed by atoms with Gasteiger partial charge in [-0.3, -0.25) is 9.59 Å². The number of nitrogens with one attached hydrogen (secondary N) is 3. The Labute approximate surface area is 111 Å². The van der Waals surface area contributed by atoms with Gasteiger partial charge in [-0.15, -0.1) is 0 Å². The van der Waals surface area contributed by atoms with Crippen LogP contribution in [0, 0.1) is 10.8 Å². The van der Waals surface area contributed by atoms with Crippen molar-refractivity contribution in [1.82, 2.24) is 15.7 Å². The van der Waals surface area contributed by atoms with Gasteiger partial charge in [0.2, 0.25) is 11.8 Å². The van der Waals surface area contributed by atoms with Crippen LogP contribution in [-0.2, 0) is 9.59 Å². The van der Waals surface area contributed by atoms with E-state index in [9.17, 15) is 9.59 Å². The van der Waals surface area contributed by atoms with Crippen LogP contribution in [0.2, 0.25) is 0 Å². The van der Waals surface area contributed by atoms with E-state index in [1.807, 2.05) is 13.8 Å². The Morgan fingerprint density at radius 3 is 2.50 bits per heavy atom. The second-order valence-corrected chi connectivity index (χ2v) is 6.84. The quantitative estimate of drug-likeness (QED) is 0.636. The van der Waals surface area contributed by atoms with E-state index in [-0.39, 0.29) is 29.2 Å². The molecule has 0 radical (unpaired) electrons. The third-order valence-electron chi connectivity index (χ3n) is 3.29. The standard InChI is InChI=1S/C12H24N3O2P/c1-11(2,7-14-18)6-12(3,4)9-10(17)13-5-8(16)15-9/h9,14H,5-7,18H2,1-4H3,(H,13,17)(H,15,16). The molecule has 6 heteroatoms. The first-order valence-corrected chi connectivity index (χ1v) is 6.76. The van der Waals surface area contributed by atoms with E-state index in [1.54, 1.807) is 0 Å². The molecular weight excluding hydrogens is 249 g/mol. The Kier molecular flexibility index (Phi) is 4.73. The molecule has 18 heavy (non-hydrogen) atoms. The summed E-state index contributed by atoms with van der Waals surface area (Å²) < 4.78 is 0. The lowest BCUT2D eigenvalue weighted by molar-refractivity contribution is -0.137. The molecule has 0 saturated carbocycles. The van der Waals surface area contributed by atoms with Crippen molar-refractivity contribution in [2.24, 2.45) is 10.8 Å². The van der Waals surface area contributed by atoms with Crippen LogP contribution in [0.4, 0.5) is 0 Å². The summed E-state index contributed by atoms with van der Waals surface area (Å²) in [7, 11) is 2.49. The van der Waals surface area contributed by atoms with Crippen molar-refractivity contribution < 1.29 is 9.59 Å². The van der Waals surface area contributed by atoms with Crippen molar-refractivity contribution in [3.63, 3.8) is 0 Å². The molecule has 5 nitrogen and oxygen atoms in total.